The van der Waals surface area contributed by atoms with Crippen LogP contribution in [0, 0.1) is 11.8 Å². The second-order valence-corrected chi connectivity index (χ2v) is 7.93. The molecule has 0 aliphatic carbocycles. The normalized spacial score (nSPS) is 15.3. The van der Waals surface area contributed by atoms with Gasteiger partial charge in [0.2, 0.25) is 0 Å². The van der Waals surface area contributed by atoms with Gasteiger partial charge in [-0.3, -0.25) is 4.79 Å². The minimum Gasteiger partial charge on any atom is -0.457 e. The Morgan fingerprint density at radius 2 is 1.85 bits per heavy atom. The van der Waals surface area contributed by atoms with Crippen molar-refractivity contribution in [3.8, 4) is 29.0 Å². The lowest BCUT2D eigenvalue weighted by Crippen LogP contribution is -2.26. The number of para-hydroxylation sites is 1. The molecule has 1 saturated heterocycles. The standard InChI is InChI=1S/C26H23N5O2/c1-2-6-23(32)30-14-13-18(15-30)22-16-31(25-24(22)28-17-29-26(25)27)19-9-11-21(12-10-19)33-20-7-4-3-5-8-20/h3-5,7-12,16-18H,13-15H2,1H3,(H2,27,28,29)/t18-/m0/s1. The van der Waals surface area contributed by atoms with E-state index in [1.54, 1.807) is 11.8 Å². The third-order valence-electron chi connectivity index (χ3n) is 5.87. The molecule has 1 aliphatic rings. The topological polar surface area (TPSA) is 86.3 Å². The summed E-state index contributed by atoms with van der Waals surface area (Å²) in [7, 11) is 0. The molecule has 0 bridgehead atoms. The van der Waals surface area contributed by atoms with Gasteiger partial charge in [0, 0.05) is 36.5 Å². The number of nitrogens with zero attached hydrogens (tertiary/aromatic N) is 4. The molecule has 1 fully saturated rings. The fourth-order valence-corrected chi connectivity index (χ4v) is 4.29. The number of likely N-dealkylation sites (tertiary alicyclic amines) is 1. The van der Waals surface area contributed by atoms with Crippen LogP contribution in [0.2, 0.25) is 0 Å². The van der Waals surface area contributed by atoms with Crippen LogP contribution in [0.4, 0.5) is 5.82 Å². The zero-order valence-electron chi connectivity index (χ0n) is 18.2. The van der Waals surface area contributed by atoms with Gasteiger partial charge in [-0.1, -0.05) is 24.1 Å². The molecule has 0 unspecified atom stereocenters. The molecule has 4 aromatic rings. The largest absolute Gasteiger partial charge is 0.457 e. The number of rotatable bonds is 4. The molecule has 2 aromatic carbocycles. The van der Waals surface area contributed by atoms with Crippen molar-refractivity contribution in [1.82, 2.24) is 19.4 Å². The number of benzene rings is 2. The van der Waals surface area contributed by atoms with Crippen molar-refractivity contribution >= 4 is 22.8 Å². The van der Waals surface area contributed by atoms with Gasteiger partial charge in [0.25, 0.3) is 5.91 Å². The summed E-state index contributed by atoms with van der Waals surface area (Å²) in [5.74, 6) is 7.29. The average Bonchev–Trinajstić information content (AvgIpc) is 3.47. The lowest BCUT2D eigenvalue weighted by atomic mass is 10.0. The first kappa shape index (κ1) is 20.6. The first-order valence-electron chi connectivity index (χ1n) is 10.8. The number of fused-ring (bicyclic) bond motifs is 1. The predicted octanol–water partition coefficient (Wildman–Crippen LogP) is 4.13. The Labute approximate surface area is 191 Å². The summed E-state index contributed by atoms with van der Waals surface area (Å²) in [6.45, 7) is 2.96. The highest BCUT2D eigenvalue weighted by molar-refractivity contribution is 5.94. The summed E-state index contributed by atoms with van der Waals surface area (Å²) < 4.78 is 7.93. The number of nitrogen functional groups attached to an aromatic ring is 1. The molecule has 0 spiro atoms. The number of carbonyl (C=O) groups is 1. The minimum atomic E-state index is -0.133. The van der Waals surface area contributed by atoms with Crippen LogP contribution < -0.4 is 10.5 Å². The Morgan fingerprint density at radius 1 is 1.09 bits per heavy atom. The first-order chi connectivity index (χ1) is 16.1. The number of nitrogens with two attached hydrogens (primary N) is 1. The highest BCUT2D eigenvalue weighted by Gasteiger charge is 2.30. The van der Waals surface area contributed by atoms with Crippen LogP contribution in [0.1, 0.15) is 24.8 Å². The Hall–Kier alpha value is -4.31. The molecule has 2 N–H and O–H groups in total. The zero-order chi connectivity index (χ0) is 22.8. The van der Waals surface area contributed by atoms with E-state index in [1.165, 1.54) is 6.33 Å². The summed E-state index contributed by atoms with van der Waals surface area (Å²) in [6, 6.07) is 17.5. The molecule has 1 atom stereocenters. The van der Waals surface area contributed by atoms with Crippen LogP contribution in [-0.4, -0.2) is 38.4 Å². The lowest BCUT2D eigenvalue weighted by molar-refractivity contribution is -0.124. The van der Waals surface area contributed by atoms with Crippen molar-refractivity contribution in [2.75, 3.05) is 18.8 Å². The molecular formula is C26H23N5O2. The van der Waals surface area contributed by atoms with Crippen molar-refractivity contribution in [2.45, 2.75) is 19.3 Å². The Bertz CT molecular complexity index is 1370. The molecule has 7 nitrogen and oxygen atoms in total. The molecule has 1 aliphatic heterocycles. The van der Waals surface area contributed by atoms with E-state index in [4.69, 9.17) is 10.5 Å². The molecular weight excluding hydrogens is 414 g/mol. The lowest BCUT2D eigenvalue weighted by Gasteiger charge is -2.12. The molecule has 3 heterocycles. The van der Waals surface area contributed by atoms with Gasteiger partial charge in [-0.2, -0.15) is 0 Å². The highest BCUT2D eigenvalue weighted by Crippen LogP contribution is 2.36. The van der Waals surface area contributed by atoms with Crippen LogP contribution >= 0.6 is 0 Å². The van der Waals surface area contributed by atoms with Crippen LogP contribution in [0.25, 0.3) is 16.7 Å². The van der Waals surface area contributed by atoms with Crippen LogP contribution in [0.5, 0.6) is 11.5 Å². The summed E-state index contributed by atoms with van der Waals surface area (Å²) in [5.41, 5.74) is 9.84. The summed E-state index contributed by atoms with van der Waals surface area (Å²) in [6.07, 6.45) is 4.40. The van der Waals surface area contributed by atoms with Crippen molar-refractivity contribution in [1.29, 1.82) is 0 Å². The van der Waals surface area contributed by atoms with Gasteiger partial charge in [-0.05, 0) is 55.7 Å². The maximum absolute atomic E-state index is 12.2. The molecule has 5 rings (SSSR count). The summed E-state index contributed by atoms with van der Waals surface area (Å²) in [4.78, 5) is 22.8. The Morgan fingerprint density at radius 3 is 2.61 bits per heavy atom. The second kappa shape index (κ2) is 8.67. The number of carbonyl (C=O) groups excluding carboxylic acids is 1. The fraction of sp³-hybridized carbons (Fsp3) is 0.192. The van der Waals surface area contributed by atoms with Gasteiger partial charge in [0.05, 0.1) is 5.52 Å². The third kappa shape index (κ3) is 3.99. The second-order valence-electron chi connectivity index (χ2n) is 7.93. The number of hydrogen-bond acceptors (Lipinski definition) is 5. The van der Waals surface area contributed by atoms with Crippen LogP contribution in [0.15, 0.2) is 67.1 Å². The average molecular weight is 438 g/mol. The zero-order valence-corrected chi connectivity index (χ0v) is 18.2. The summed E-state index contributed by atoms with van der Waals surface area (Å²) in [5, 5.41) is 0. The van der Waals surface area contributed by atoms with Crippen molar-refractivity contribution in [2.24, 2.45) is 0 Å². The SMILES string of the molecule is CC#CC(=O)N1CC[C@H](c2cn(-c3ccc(Oc4ccccc4)cc3)c3c(N)ncnc23)C1. The van der Waals surface area contributed by atoms with E-state index in [1.807, 2.05) is 59.2 Å². The number of aromatic nitrogens is 3. The van der Waals surface area contributed by atoms with Gasteiger partial charge in [0.1, 0.15) is 23.3 Å². The molecule has 0 radical (unpaired) electrons. The number of ether oxygens (including phenoxy) is 1. The van der Waals surface area contributed by atoms with Gasteiger partial charge in [-0.15, -0.1) is 0 Å². The van der Waals surface area contributed by atoms with Crippen LogP contribution in [-0.2, 0) is 4.79 Å². The first-order valence-corrected chi connectivity index (χ1v) is 10.8. The smallest absolute Gasteiger partial charge is 0.298 e. The molecule has 2 aromatic heterocycles. The minimum absolute atomic E-state index is 0.133. The maximum Gasteiger partial charge on any atom is 0.298 e. The van der Waals surface area contributed by atoms with Crippen molar-refractivity contribution < 1.29 is 9.53 Å². The van der Waals surface area contributed by atoms with Crippen LogP contribution in [0.3, 0.4) is 0 Å². The molecule has 0 saturated carbocycles. The quantitative estimate of drug-likeness (QED) is 0.485. The fourth-order valence-electron chi connectivity index (χ4n) is 4.29. The van der Waals surface area contributed by atoms with Gasteiger partial charge in [0.15, 0.2) is 5.82 Å². The molecule has 33 heavy (non-hydrogen) atoms. The van der Waals surface area contributed by atoms with E-state index in [9.17, 15) is 4.79 Å². The van der Waals surface area contributed by atoms with E-state index in [0.29, 0.717) is 18.9 Å². The molecule has 1 amide bonds. The maximum atomic E-state index is 12.2. The summed E-state index contributed by atoms with van der Waals surface area (Å²) >= 11 is 0. The number of amides is 1. The number of anilines is 1. The van der Waals surface area contributed by atoms with E-state index in [2.05, 4.69) is 28.0 Å². The van der Waals surface area contributed by atoms with Crippen molar-refractivity contribution in [3.63, 3.8) is 0 Å². The van der Waals surface area contributed by atoms with E-state index in [0.717, 1.165) is 40.2 Å². The molecule has 7 heteroatoms. The van der Waals surface area contributed by atoms with E-state index >= 15 is 0 Å². The third-order valence-corrected chi connectivity index (χ3v) is 5.87. The van der Waals surface area contributed by atoms with Gasteiger partial charge < -0.3 is 19.9 Å². The number of hydrogen-bond donors (Lipinski definition) is 1. The van der Waals surface area contributed by atoms with Gasteiger partial charge in [-0.25, -0.2) is 9.97 Å². The highest BCUT2D eigenvalue weighted by atomic mass is 16.5. The Kier molecular flexibility index (Phi) is 5.41. The monoisotopic (exact) mass is 437 g/mol. The van der Waals surface area contributed by atoms with Crippen molar-refractivity contribution in [3.05, 3.63) is 72.7 Å². The van der Waals surface area contributed by atoms with Gasteiger partial charge >= 0.3 is 0 Å². The molecule has 164 valence electrons. The Balaban J connectivity index is 1.48. The van der Waals surface area contributed by atoms with E-state index < -0.39 is 0 Å². The predicted molar refractivity (Wildman–Crippen MR) is 127 cm³/mol. The van der Waals surface area contributed by atoms with E-state index in [-0.39, 0.29) is 11.8 Å².